The van der Waals surface area contributed by atoms with Crippen molar-refractivity contribution in [1.29, 1.82) is 0 Å². The summed E-state index contributed by atoms with van der Waals surface area (Å²) in [6.07, 6.45) is 1.40. The number of anilines is 1. The third-order valence-corrected chi connectivity index (χ3v) is 2.34. The maximum Gasteiger partial charge on any atom is 0.252 e. The summed E-state index contributed by atoms with van der Waals surface area (Å²) in [5, 5.41) is 3.19. The molecule has 1 aromatic rings. The Balaban J connectivity index is 2.75. The molecule has 1 atom stereocenters. The summed E-state index contributed by atoms with van der Waals surface area (Å²) in [6, 6.07) is 1.72. The van der Waals surface area contributed by atoms with E-state index in [1.54, 1.807) is 0 Å². The van der Waals surface area contributed by atoms with E-state index in [2.05, 4.69) is 43.0 Å². The molecule has 4 heteroatoms. The lowest BCUT2D eigenvalue weighted by Gasteiger charge is -2.28. The fourth-order valence-corrected chi connectivity index (χ4v) is 0.886. The molecule has 1 rings (SSSR count). The van der Waals surface area contributed by atoms with Crippen LogP contribution >= 0.6 is 0 Å². The monoisotopic (exact) mass is 195 g/mol. The first-order chi connectivity index (χ1) is 6.39. The van der Waals surface area contributed by atoms with Gasteiger partial charge in [0.15, 0.2) is 0 Å². The number of nitrogens with zero attached hydrogens (tertiary/aromatic N) is 1. The van der Waals surface area contributed by atoms with Gasteiger partial charge in [0.2, 0.25) is 0 Å². The molecule has 14 heavy (non-hydrogen) atoms. The molecule has 2 N–H and O–H groups in total. The number of rotatable bonds is 2. The minimum Gasteiger partial charge on any atom is -0.367 e. The molecule has 0 aliphatic carbocycles. The molecular weight excluding hydrogens is 178 g/mol. The smallest absolute Gasteiger partial charge is 0.252 e. The van der Waals surface area contributed by atoms with Crippen LogP contribution in [0.1, 0.15) is 27.7 Å². The van der Waals surface area contributed by atoms with Crippen LogP contribution < -0.4 is 10.9 Å². The van der Waals surface area contributed by atoms with Crippen molar-refractivity contribution in [3.63, 3.8) is 0 Å². The highest BCUT2D eigenvalue weighted by molar-refractivity contribution is 5.33. The third-order valence-electron chi connectivity index (χ3n) is 2.34. The lowest BCUT2D eigenvalue weighted by Crippen LogP contribution is -2.31. The zero-order chi connectivity index (χ0) is 10.8. The van der Waals surface area contributed by atoms with E-state index >= 15 is 0 Å². The molecule has 78 valence electrons. The summed E-state index contributed by atoms with van der Waals surface area (Å²) in [5.41, 5.74) is 0.00759. The lowest BCUT2D eigenvalue weighted by molar-refractivity contribution is 0.358. The zero-order valence-electron chi connectivity index (χ0n) is 9.09. The minimum atomic E-state index is -0.136. The third kappa shape index (κ3) is 2.87. The number of aromatic nitrogens is 2. The summed E-state index contributed by atoms with van der Waals surface area (Å²) < 4.78 is 0. The molecule has 1 aromatic heterocycles. The molecule has 0 spiro atoms. The molecule has 0 radical (unpaired) electrons. The molecule has 0 saturated heterocycles. The highest BCUT2D eigenvalue weighted by atomic mass is 16.1. The summed E-state index contributed by atoms with van der Waals surface area (Å²) in [5.74, 6) is 0.621. The molecule has 0 fully saturated rings. The Morgan fingerprint density at radius 2 is 2.14 bits per heavy atom. The number of aromatic amines is 1. The van der Waals surface area contributed by atoms with Crippen molar-refractivity contribution >= 4 is 5.82 Å². The average molecular weight is 195 g/mol. The van der Waals surface area contributed by atoms with Gasteiger partial charge in [0, 0.05) is 12.1 Å². The summed E-state index contributed by atoms with van der Waals surface area (Å²) >= 11 is 0. The number of H-pyrrole nitrogens is 1. The normalized spacial score (nSPS) is 13.7. The Morgan fingerprint density at radius 3 is 2.64 bits per heavy atom. The highest BCUT2D eigenvalue weighted by Gasteiger charge is 2.19. The van der Waals surface area contributed by atoms with Gasteiger partial charge in [-0.25, -0.2) is 4.98 Å². The van der Waals surface area contributed by atoms with Gasteiger partial charge in [-0.15, -0.1) is 0 Å². The van der Waals surface area contributed by atoms with Crippen molar-refractivity contribution in [2.75, 3.05) is 5.32 Å². The highest BCUT2D eigenvalue weighted by Crippen LogP contribution is 2.21. The Morgan fingerprint density at radius 1 is 1.50 bits per heavy atom. The SMILES string of the molecule is CC(Nc1cc(=O)[nH]cn1)C(C)(C)C. The predicted octanol–water partition coefficient (Wildman–Crippen LogP) is 1.62. The molecule has 0 saturated carbocycles. The van der Waals surface area contributed by atoms with E-state index in [4.69, 9.17) is 0 Å². The Labute approximate surface area is 83.8 Å². The van der Waals surface area contributed by atoms with Crippen LogP contribution in [0.15, 0.2) is 17.2 Å². The molecule has 0 aromatic carbocycles. The first-order valence-corrected chi connectivity index (χ1v) is 4.71. The van der Waals surface area contributed by atoms with E-state index in [0.717, 1.165) is 0 Å². The standard InChI is InChI=1S/C10H17N3O/c1-7(10(2,3)4)13-8-5-9(14)12-6-11-8/h5-7H,1-4H3,(H2,11,12,13,14). The van der Waals surface area contributed by atoms with Gasteiger partial charge in [-0.05, 0) is 12.3 Å². The van der Waals surface area contributed by atoms with E-state index in [1.165, 1.54) is 12.4 Å². The molecule has 1 unspecified atom stereocenters. The first-order valence-electron chi connectivity index (χ1n) is 4.71. The van der Waals surface area contributed by atoms with Crippen molar-refractivity contribution < 1.29 is 0 Å². The van der Waals surface area contributed by atoms with Crippen LogP contribution in [0.25, 0.3) is 0 Å². The Kier molecular flexibility index (Phi) is 2.93. The van der Waals surface area contributed by atoms with Gasteiger partial charge in [-0.2, -0.15) is 0 Å². The zero-order valence-corrected chi connectivity index (χ0v) is 9.09. The van der Waals surface area contributed by atoms with Crippen LogP contribution in [0.5, 0.6) is 0 Å². The van der Waals surface area contributed by atoms with Crippen molar-refractivity contribution in [2.45, 2.75) is 33.7 Å². The van der Waals surface area contributed by atoms with Crippen LogP contribution in [-0.4, -0.2) is 16.0 Å². The molecule has 0 bridgehead atoms. The van der Waals surface area contributed by atoms with Crippen LogP contribution in [-0.2, 0) is 0 Å². The maximum absolute atomic E-state index is 11.0. The van der Waals surface area contributed by atoms with Gasteiger partial charge in [-0.1, -0.05) is 20.8 Å². The second kappa shape index (κ2) is 3.82. The van der Waals surface area contributed by atoms with Crippen LogP contribution in [0.3, 0.4) is 0 Å². The number of nitrogens with one attached hydrogen (secondary N) is 2. The molecule has 0 aliphatic heterocycles. The maximum atomic E-state index is 11.0. The quantitative estimate of drug-likeness (QED) is 0.753. The van der Waals surface area contributed by atoms with Gasteiger partial charge in [0.25, 0.3) is 5.56 Å². The molecule has 1 heterocycles. The van der Waals surface area contributed by atoms with Crippen LogP contribution in [0, 0.1) is 5.41 Å². The fraction of sp³-hybridized carbons (Fsp3) is 0.600. The molecular formula is C10H17N3O. The van der Waals surface area contributed by atoms with Gasteiger partial charge in [0.05, 0.1) is 6.33 Å². The van der Waals surface area contributed by atoms with E-state index < -0.39 is 0 Å². The van der Waals surface area contributed by atoms with Gasteiger partial charge >= 0.3 is 0 Å². The van der Waals surface area contributed by atoms with E-state index in [9.17, 15) is 4.79 Å². The second-order valence-corrected chi connectivity index (χ2v) is 4.53. The van der Waals surface area contributed by atoms with E-state index in [1.807, 2.05) is 0 Å². The lowest BCUT2D eigenvalue weighted by atomic mass is 9.88. The van der Waals surface area contributed by atoms with Crippen molar-refractivity contribution in [2.24, 2.45) is 5.41 Å². The topological polar surface area (TPSA) is 57.8 Å². The largest absolute Gasteiger partial charge is 0.367 e. The predicted molar refractivity (Wildman–Crippen MR) is 57.4 cm³/mol. The van der Waals surface area contributed by atoms with E-state index in [-0.39, 0.29) is 17.0 Å². The minimum absolute atomic E-state index is 0.136. The number of hydrogen-bond donors (Lipinski definition) is 2. The van der Waals surface area contributed by atoms with Crippen molar-refractivity contribution in [1.82, 2.24) is 9.97 Å². The van der Waals surface area contributed by atoms with Gasteiger partial charge < -0.3 is 10.3 Å². The fourth-order valence-electron chi connectivity index (χ4n) is 0.886. The van der Waals surface area contributed by atoms with Gasteiger partial charge in [-0.3, -0.25) is 4.79 Å². The van der Waals surface area contributed by atoms with Crippen LogP contribution in [0.4, 0.5) is 5.82 Å². The van der Waals surface area contributed by atoms with E-state index in [0.29, 0.717) is 5.82 Å². The number of hydrogen-bond acceptors (Lipinski definition) is 3. The summed E-state index contributed by atoms with van der Waals surface area (Å²) in [4.78, 5) is 17.5. The average Bonchev–Trinajstić information content (AvgIpc) is 2.02. The molecule has 0 amide bonds. The summed E-state index contributed by atoms with van der Waals surface area (Å²) in [7, 11) is 0. The first kappa shape index (κ1) is 10.8. The Bertz CT molecular complexity index is 351. The van der Waals surface area contributed by atoms with Crippen molar-refractivity contribution in [3.05, 3.63) is 22.7 Å². The summed E-state index contributed by atoms with van der Waals surface area (Å²) in [6.45, 7) is 8.48. The van der Waals surface area contributed by atoms with Crippen LogP contribution in [0.2, 0.25) is 0 Å². The van der Waals surface area contributed by atoms with Gasteiger partial charge in [0.1, 0.15) is 5.82 Å². The molecule has 0 aliphatic rings. The second-order valence-electron chi connectivity index (χ2n) is 4.53. The van der Waals surface area contributed by atoms with Crippen molar-refractivity contribution in [3.8, 4) is 0 Å². The Hall–Kier alpha value is -1.32. The molecule has 4 nitrogen and oxygen atoms in total.